The van der Waals surface area contributed by atoms with Gasteiger partial charge < -0.3 is 10.1 Å². The molecular weight excluding hydrogens is 288 g/mol. The maximum Gasteiger partial charge on any atom is 0.243 e. The summed E-state index contributed by atoms with van der Waals surface area (Å²) in [4.78, 5) is 0.217. The zero-order valence-electron chi connectivity index (χ0n) is 12.7. The summed E-state index contributed by atoms with van der Waals surface area (Å²) in [6.45, 7) is 3.52. The fourth-order valence-electron chi connectivity index (χ4n) is 1.85. The number of terminal acetylenes is 1. The molecule has 0 radical (unpaired) electrons. The average Bonchev–Trinajstić information content (AvgIpc) is 2.47. The molecule has 0 aliphatic carbocycles. The number of methoxy groups -OCH3 is 1. The van der Waals surface area contributed by atoms with Gasteiger partial charge in [-0.15, -0.1) is 6.42 Å². The minimum Gasteiger partial charge on any atom is -0.496 e. The molecule has 0 fully saturated rings. The van der Waals surface area contributed by atoms with Crippen molar-refractivity contribution in [1.29, 1.82) is 0 Å². The van der Waals surface area contributed by atoms with Gasteiger partial charge in [0.15, 0.2) is 0 Å². The molecule has 0 unspecified atom stereocenters. The Kier molecular flexibility index (Phi) is 6.69. The van der Waals surface area contributed by atoms with Gasteiger partial charge in [-0.3, -0.25) is 0 Å². The summed E-state index contributed by atoms with van der Waals surface area (Å²) in [5, 5.41) is 3.24. The topological polar surface area (TPSA) is 58.6 Å². The van der Waals surface area contributed by atoms with Gasteiger partial charge in [0.1, 0.15) is 5.75 Å². The first kappa shape index (κ1) is 17.5. The van der Waals surface area contributed by atoms with Crippen molar-refractivity contribution in [3.63, 3.8) is 0 Å². The van der Waals surface area contributed by atoms with E-state index in [2.05, 4.69) is 18.2 Å². The highest BCUT2D eigenvalue weighted by Gasteiger charge is 2.21. The molecule has 0 aliphatic heterocycles. The zero-order valence-corrected chi connectivity index (χ0v) is 13.5. The van der Waals surface area contributed by atoms with Crippen LogP contribution >= 0.6 is 0 Å². The fraction of sp³-hybridized carbons (Fsp3) is 0.467. The molecule has 0 heterocycles. The molecule has 0 saturated carbocycles. The summed E-state index contributed by atoms with van der Waals surface area (Å²) in [5.41, 5.74) is 0.807. The molecule has 0 spiro atoms. The van der Waals surface area contributed by atoms with E-state index >= 15 is 0 Å². The molecule has 6 heteroatoms. The van der Waals surface area contributed by atoms with Crippen LogP contribution in [0.5, 0.6) is 5.75 Å². The molecule has 0 saturated heterocycles. The van der Waals surface area contributed by atoms with Crippen LogP contribution in [-0.4, -0.2) is 40.0 Å². The Hall–Kier alpha value is -1.55. The van der Waals surface area contributed by atoms with E-state index in [1.807, 2.05) is 0 Å². The van der Waals surface area contributed by atoms with Crippen molar-refractivity contribution in [2.24, 2.45) is 0 Å². The Morgan fingerprint density at radius 3 is 2.71 bits per heavy atom. The van der Waals surface area contributed by atoms with E-state index < -0.39 is 10.0 Å². The molecule has 1 N–H and O–H groups in total. The molecule has 5 nitrogen and oxygen atoms in total. The predicted molar refractivity (Wildman–Crippen MR) is 83.6 cm³/mol. The van der Waals surface area contributed by atoms with Crippen molar-refractivity contribution in [3.8, 4) is 18.1 Å². The monoisotopic (exact) mass is 310 g/mol. The van der Waals surface area contributed by atoms with Crippen LogP contribution in [0.1, 0.15) is 18.9 Å². The lowest BCUT2D eigenvalue weighted by Crippen LogP contribution is -2.27. The SMILES string of the molecule is C#CCN(C)S(=O)(=O)c1ccc(OC)c(CNCCC)c1. The van der Waals surface area contributed by atoms with Crippen LogP contribution in [0.25, 0.3) is 0 Å². The van der Waals surface area contributed by atoms with Crippen molar-refractivity contribution in [1.82, 2.24) is 9.62 Å². The molecular formula is C15H22N2O3S. The Morgan fingerprint density at radius 1 is 1.43 bits per heavy atom. The molecule has 0 aromatic heterocycles. The van der Waals surface area contributed by atoms with E-state index in [4.69, 9.17) is 11.2 Å². The smallest absolute Gasteiger partial charge is 0.243 e. The number of nitrogens with zero attached hydrogens (tertiary/aromatic N) is 1. The molecule has 116 valence electrons. The first-order chi connectivity index (χ1) is 9.97. The fourth-order valence-corrected chi connectivity index (χ4v) is 2.98. The number of rotatable bonds is 8. The summed E-state index contributed by atoms with van der Waals surface area (Å²) >= 11 is 0. The minimum atomic E-state index is -3.57. The second-order valence-electron chi connectivity index (χ2n) is 4.62. The third kappa shape index (κ3) is 4.46. The highest BCUT2D eigenvalue weighted by atomic mass is 32.2. The molecule has 1 aromatic rings. The maximum absolute atomic E-state index is 12.4. The third-order valence-electron chi connectivity index (χ3n) is 3.02. The third-order valence-corrected chi connectivity index (χ3v) is 4.82. The Balaban J connectivity index is 3.10. The van der Waals surface area contributed by atoms with Crippen molar-refractivity contribution < 1.29 is 13.2 Å². The predicted octanol–water partition coefficient (Wildman–Crippen LogP) is 1.45. The highest BCUT2D eigenvalue weighted by molar-refractivity contribution is 7.89. The Morgan fingerprint density at radius 2 is 2.14 bits per heavy atom. The van der Waals surface area contributed by atoms with Gasteiger partial charge in [-0.2, -0.15) is 4.31 Å². The molecule has 0 aliphatic rings. The van der Waals surface area contributed by atoms with Gasteiger partial charge >= 0.3 is 0 Å². The summed E-state index contributed by atoms with van der Waals surface area (Å²) in [7, 11) is -0.538. The molecule has 21 heavy (non-hydrogen) atoms. The molecule has 0 amide bonds. The standard InChI is InChI=1S/C15H22N2O3S/c1-5-9-16-12-13-11-14(7-8-15(13)20-4)21(18,19)17(3)10-6-2/h2,7-8,11,16H,5,9-10,12H2,1,3-4H3. The highest BCUT2D eigenvalue weighted by Crippen LogP contribution is 2.24. The number of hydrogen-bond acceptors (Lipinski definition) is 4. The molecule has 0 bridgehead atoms. The van der Waals surface area contributed by atoms with Crippen LogP contribution in [0, 0.1) is 12.3 Å². The van der Waals surface area contributed by atoms with Crippen LogP contribution in [0.4, 0.5) is 0 Å². The van der Waals surface area contributed by atoms with Gasteiger partial charge in [0.25, 0.3) is 0 Å². The van der Waals surface area contributed by atoms with Crippen LogP contribution < -0.4 is 10.1 Å². The largest absolute Gasteiger partial charge is 0.496 e. The number of nitrogens with one attached hydrogen (secondary N) is 1. The lowest BCUT2D eigenvalue weighted by Gasteiger charge is -2.16. The van der Waals surface area contributed by atoms with Gasteiger partial charge in [-0.1, -0.05) is 12.8 Å². The van der Waals surface area contributed by atoms with E-state index in [1.54, 1.807) is 19.2 Å². The summed E-state index contributed by atoms with van der Waals surface area (Å²) in [5.74, 6) is 3.00. The van der Waals surface area contributed by atoms with Gasteiger partial charge in [-0.25, -0.2) is 8.42 Å². The number of benzene rings is 1. The van der Waals surface area contributed by atoms with E-state index in [-0.39, 0.29) is 11.4 Å². The quantitative estimate of drug-likeness (QED) is 0.583. The van der Waals surface area contributed by atoms with Crippen LogP contribution in [-0.2, 0) is 16.6 Å². The van der Waals surface area contributed by atoms with Crippen molar-refractivity contribution in [2.75, 3.05) is 27.2 Å². The first-order valence-electron chi connectivity index (χ1n) is 6.74. The number of ether oxygens (including phenoxy) is 1. The lowest BCUT2D eigenvalue weighted by molar-refractivity contribution is 0.407. The van der Waals surface area contributed by atoms with Crippen molar-refractivity contribution >= 4 is 10.0 Å². The van der Waals surface area contributed by atoms with Crippen LogP contribution in [0.15, 0.2) is 23.1 Å². The Bertz CT molecular complexity index is 606. The summed E-state index contributed by atoms with van der Waals surface area (Å²) in [6.07, 6.45) is 6.18. The first-order valence-corrected chi connectivity index (χ1v) is 8.18. The summed E-state index contributed by atoms with van der Waals surface area (Å²) < 4.78 is 31.2. The van der Waals surface area contributed by atoms with Crippen LogP contribution in [0.3, 0.4) is 0 Å². The zero-order chi connectivity index (χ0) is 15.9. The van der Waals surface area contributed by atoms with Gasteiger partial charge in [0.05, 0.1) is 18.6 Å². The van der Waals surface area contributed by atoms with E-state index in [9.17, 15) is 8.42 Å². The second kappa shape index (κ2) is 8.03. The molecule has 1 rings (SSSR count). The normalized spacial score (nSPS) is 11.4. The second-order valence-corrected chi connectivity index (χ2v) is 6.66. The van der Waals surface area contributed by atoms with Gasteiger partial charge in [0, 0.05) is 19.2 Å². The van der Waals surface area contributed by atoms with E-state index in [1.165, 1.54) is 13.1 Å². The minimum absolute atomic E-state index is 0.0395. The Labute approximate surface area is 127 Å². The molecule has 0 atom stereocenters. The van der Waals surface area contributed by atoms with Crippen LogP contribution in [0.2, 0.25) is 0 Å². The van der Waals surface area contributed by atoms with E-state index in [0.29, 0.717) is 12.3 Å². The van der Waals surface area contributed by atoms with Gasteiger partial charge in [0.2, 0.25) is 10.0 Å². The maximum atomic E-state index is 12.4. The summed E-state index contributed by atoms with van der Waals surface area (Å²) in [6, 6.07) is 4.83. The lowest BCUT2D eigenvalue weighted by atomic mass is 10.2. The van der Waals surface area contributed by atoms with Crippen molar-refractivity contribution in [3.05, 3.63) is 23.8 Å². The number of hydrogen-bond donors (Lipinski definition) is 1. The number of sulfonamides is 1. The van der Waals surface area contributed by atoms with E-state index in [0.717, 1.165) is 22.8 Å². The van der Waals surface area contributed by atoms with Gasteiger partial charge in [-0.05, 0) is 31.2 Å². The van der Waals surface area contributed by atoms with Crippen molar-refractivity contribution in [2.45, 2.75) is 24.8 Å². The average molecular weight is 310 g/mol. The molecule has 1 aromatic carbocycles.